The molecule has 0 radical (unpaired) electrons. The predicted octanol–water partition coefficient (Wildman–Crippen LogP) is 3.59. The Hall–Kier alpha value is -1.00. The fourth-order valence-electron chi connectivity index (χ4n) is 3.10. The van der Waals surface area contributed by atoms with Gasteiger partial charge < -0.3 is 9.84 Å². The molecular formula is C15H20F2O2. The number of aliphatic hydroxyl groups is 1. The zero-order valence-corrected chi connectivity index (χ0v) is 11.3. The zero-order valence-electron chi connectivity index (χ0n) is 11.3. The average Bonchev–Trinajstić information content (AvgIpc) is 2.38. The Kier molecular flexibility index (Phi) is 4.21. The summed E-state index contributed by atoms with van der Waals surface area (Å²) in [5, 5.41) is 10.5. The Morgan fingerprint density at radius 1 is 1.42 bits per heavy atom. The smallest absolute Gasteiger partial charge is 0.132 e. The van der Waals surface area contributed by atoms with Crippen LogP contribution in [0.25, 0.3) is 0 Å². The first-order chi connectivity index (χ1) is 8.98. The van der Waals surface area contributed by atoms with Crippen molar-refractivity contribution in [3.05, 3.63) is 35.4 Å². The van der Waals surface area contributed by atoms with E-state index < -0.39 is 23.3 Å². The van der Waals surface area contributed by atoms with Gasteiger partial charge in [-0.05, 0) is 24.8 Å². The van der Waals surface area contributed by atoms with E-state index >= 15 is 0 Å². The lowest BCUT2D eigenvalue weighted by Gasteiger charge is -2.42. The van der Waals surface area contributed by atoms with E-state index in [-0.39, 0.29) is 5.56 Å². The summed E-state index contributed by atoms with van der Waals surface area (Å²) in [5.41, 5.74) is -0.659. The van der Waals surface area contributed by atoms with Crippen molar-refractivity contribution in [2.45, 2.75) is 44.3 Å². The molecule has 1 saturated carbocycles. The van der Waals surface area contributed by atoms with Crippen LogP contribution in [0.4, 0.5) is 8.78 Å². The number of benzene rings is 1. The number of methoxy groups -OCH3 is 1. The molecule has 0 aliphatic heterocycles. The van der Waals surface area contributed by atoms with Crippen molar-refractivity contribution in [1.82, 2.24) is 0 Å². The van der Waals surface area contributed by atoms with Crippen molar-refractivity contribution in [1.29, 1.82) is 0 Å². The van der Waals surface area contributed by atoms with Crippen molar-refractivity contribution in [2.24, 2.45) is 5.92 Å². The van der Waals surface area contributed by atoms with Crippen LogP contribution >= 0.6 is 0 Å². The molecule has 2 nitrogen and oxygen atoms in total. The molecule has 1 aliphatic rings. The number of rotatable bonds is 3. The first-order valence-electron chi connectivity index (χ1n) is 6.66. The van der Waals surface area contributed by atoms with Gasteiger partial charge in [0.2, 0.25) is 0 Å². The van der Waals surface area contributed by atoms with Gasteiger partial charge in [-0.15, -0.1) is 0 Å². The molecule has 2 rings (SSSR count). The lowest BCUT2D eigenvalue weighted by Crippen LogP contribution is -2.43. The summed E-state index contributed by atoms with van der Waals surface area (Å²) in [6.45, 7) is 2.10. The molecule has 0 heterocycles. The van der Waals surface area contributed by atoms with E-state index in [0.29, 0.717) is 18.8 Å². The fraction of sp³-hybridized carbons (Fsp3) is 0.600. The highest BCUT2D eigenvalue weighted by Gasteiger charge is 2.43. The third kappa shape index (κ3) is 2.79. The van der Waals surface area contributed by atoms with Gasteiger partial charge in [-0.2, -0.15) is 0 Å². The molecule has 3 atom stereocenters. The van der Waals surface area contributed by atoms with Crippen LogP contribution in [0.15, 0.2) is 18.2 Å². The van der Waals surface area contributed by atoms with Crippen LogP contribution in [0.1, 0.15) is 44.3 Å². The maximum atomic E-state index is 13.8. The van der Waals surface area contributed by atoms with E-state index in [4.69, 9.17) is 4.74 Å². The monoisotopic (exact) mass is 270 g/mol. The SMILES string of the molecule is COC1(C(O)c2ccc(F)cc2F)CCCC(C)C1. The molecule has 0 spiro atoms. The highest BCUT2D eigenvalue weighted by atomic mass is 19.1. The van der Waals surface area contributed by atoms with E-state index in [0.717, 1.165) is 25.0 Å². The summed E-state index contributed by atoms with van der Waals surface area (Å²) in [6.07, 6.45) is 2.33. The van der Waals surface area contributed by atoms with Gasteiger partial charge in [-0.3, -0.25) is 0 Å². The van der Waals surface area contributed by atoms with Crippen molar-refractivity contribution in [3.63, 3.8) is 0 Å². The van der Waals surface area contributed by atoms with Gasteiger partial charge in [0.25, 0.3) is 0 Å². The lowest BCUT2D eigenvalue weighted by molar-refractivity contribution is -0.135. The Labute approximate surface area is 112 Å². The first kappa shape index (κ1) is 14.4. The van der Waals surface area contributed by atoms with Gasteiger partial charge >= 0.3 is 0 Å². The highest BCUT2D eigenvalue weighted by Crippen LogP contribution is 2.43. The first-order valence-corrected chi connectivity index (χ1v) is 6.66. The van der Waals surface area contributed by atoms with Gasteiger partial charge in [0.05, 0.1) is 5.60 Å². The van der Waals surface area contributed by atoms with E-state index in [2.05, 4.69) is 6.92 Å². The molecule has 106 valence electrons. The maximum absolute atomic E-state index is 13.8. The molecule has 0 amide bonds. The van der Waals surface area contributed by atoms with Crippen LogP contribution < -0.4 is 0 Å². The van der Waals surface area contributed by atoms with E-state index in [1.54, 1.807) is 7.11 Å². The third-order valence-electron chi connectivity index (χ3n) is 4.15. The van der Waals surface area contributed by atoms with Crippen LogP contribution in [-0.4, -0.2) is 17.8 Å². The van der Waals surface area contributed by atoms with E-state index in [9.17, 15) is 13.9 Å². The molecule has 3 unspecified atom stereocenters. The molecule has 0 bridgehead atoms. The maximum Gasteiger partial charge on any atom is 0.132 e. The Balaban J connectivity index is 2.32. The lowest BCUT2D eigenvalue weighted by atomic mass is 9.74. The normalized spacial score (nSPS) is 29.2. The number of ether oxygens (including phenoxy) is 1. The molecule has 19 heavy (non-hydrogen) atoms. The Morgan fingerprint density at radius 3 is 2.74 bits per heavy atom. The molecule has 1 aromatic carbocycles. The van der Waals surface area contributed by atoms with Gasteiger partial charge in [-0.1, -0.05) is 25.8 Å². The fourth-order valence-corrected chi connectivity index (χ4v) is 3.10. The summed E-state index contributed by atoms with van der Waals surface area (Å²) < 4.78 is 32.3. The number of aliphatic hydroxyl groups excluding tert-OH is 1. The predicted molar refractivity (Wildman–Crippen MR) is 68.7 cm³/mol. The van der Waals surface area contributed by atoms with Gasteiger partial charge in [0.15, 0.2) is 0 Å². The molecule has 0 saturated heterocycles. The molecule has 1 aromatic rings. The second kappa shape index (κ2) is 5.55. The van der Waals surface area contributed by atoms with Crippen LogP contribution in [0.5, 0.6) is 0 Å². The zero-order chi connectivity index (χ0) is 14.0. The molecule has 0 aromatic heterocycles. The van der Waals surface area contributed by atoms with Crippen molar-refractivity contribution >= 4 is 0 Å². The number of hydrogen-bond donors (Lipinski definition) is 1. The summed E-state index contributed by atoms with van der Waals surface area (Å²) in [7, 11) is 1.54. The number of hydrogen-bond acceptors (Lipinski definition) is 2. The van der Waals surface area contributed by atoms with E-state index in [1.807, 2.05) is 0 Å². The largest absolute Gasteiger partial charge is 0.385 e. The number of halogens is 2. The molecule has 1 N–H and O–H groups in total. The Morgan fingerprint density at radius 2 is 2.16 bits per heavy atom. The average molecular weight is 270 g/mol. The van der Waals surface area contributed by atoms with Crippen LogP contribution in [0.2, 0.25) is 0 Å². The minimum absolute atomic E-state index is 0.109. The van der Waals surface area contributed by atoms with Gasteiger partial charge in [0, 0.05) is 18.7 Å². The molecule has 1 fully saturated rings. The minimum atomic E-state index is -1.07. The van der Waals surface area contributed by atoms with Crippen LogP contribution in [0, 0.1) is 17.6 Å². The topological polar surface area (TPSA) is 29.5 Å². The van der Waals surface area contributed by atoms with Crippen molar-refractivity contribution in [3.8, 4) is 0 Å². The van der Waals surface area contributed by atoms with Gasteiger partial charge in [0.1, 0.15) is 17.7 Å². The van der Waals surface area contributed by atoms with E-state index in [1.165, 1.54) is 6.07 Å². The van der Waals surface area contributed by atoms with Crippen molar-refractivity contribution < 1.29 is 18.6 Å². The standard InChI is InChI=1S/C15H20F2O2/c1-10-4-3-7-15(9-10,19-2)14(18)12-6-5-11(16)8-13(12)17/h5-6,8,10,14,18H,3-4,7,9H2,1-2H3. The summed E-state index contributed by atoms with van der Waals surface area (Å²) in [5.74, 6) is -0.939. The van der Waals surface area contributed by atoms with Crippen LogP contribution in [0.3, 0.4) is 0 Å². The third-order valence-corrected chi connectivity index (χ3v) is 4.15. The van der Waals surface area contributed by atoms with Crippen molar-refractivity contribution in [2.75, 3.05) is 7.11 Å². The summed E-state index contributed by atoms with van der Waals surface area (Å²) in [6, 6.07) is 3.26. The minimum Gasteiger partial charge on any atom is -0.385 e. The molecule has 4 heteroatoms. The summed E-state index contributed by atoms with van der Waals surface area (Å²) in [4.78, 5) is 0. The highest BCUT2D eigenvalue weighted by molar-refractivity contribution is 5.24. The molecular weight excluding hydrogens is 250 g/mol. The molecule has 1 aliphatic carbocycles. The quantitative estimate of drug-likeness (QED) is 0.909. The second-order valence-corrected chi connectivity index (χ2v) is 5.54. The van der Waals surface area contributed by atoms with Gasteiger partial charge in [-0.25, -0.2) is 8.78 Å². The van der Waals surface area contributed by atoms with Crippen LogP contribution in [-0.2, 0) is 4.74 Å². The summed E-state index contributed by atoms with van der Waals surface area (Å²) >= 11 is 0. The Bertz CT molecular complexity index is 450. The second-order valence-electron chi connectivity index (χ2n) is 5.54.